The molecule has 36 heavy (non-hydrogen) atoms. The molecule has 2 atom stereocenters. The molecule has 0 unspecified atom stereocenters. The van der Waals surface area contributed by atoms with Crippen molar-refractivity contribution in [3.63, 3.8) is 0 Å². The van der Waals surface area contributed by atoms with E-state index in [9.17, 15) is 20.2 Å². The molecule has 9 nitrogen and oxygen atoms in total. The third kappa shape index (κ3) is 4.86. The summed E-state index contributed by atoms with van der Waals surface area (Å²) in [5, 5.41) is 24.2. The summed E-state index contributed by atoms with van der Waals surface area (Å²) in [5.41, 5.74) is 3.38. The average Bonchev–Trinajstić information content (AvgIpc) is 2.92. The number of nitrogens with zero attached hydrogens (tertiary/aromatic N) is 5. The second-order valence-corrected chi connectivity index (χ2v) is 9.91. The smallest absolute Gasteiger partial charge is 0.269 e. The lowest BCUT2D eigenvalue weighted by molar-refractivity contribution is -0.384. The van der Waals surface area contributed by atoms with Crippen LogP contribution in [-0.4, -0.2) is 67.6 Å². The number of nitro groups is 1. The van der Waals surface area contributed by atoms with Crippen LogP contribution in [0.3, 0.4) is 0 Å². The van der Waals surface area contributed by atoms with E-state index in [4.69, 9.17) is 0 Å². The number of piperazine rings is 1. The van der Waals surface area contributed by atoms with Crippen molar-refractivity contribution in [1.82, 2.24) is 10.2 Å². The summed E-state index contributed by atoms with van der Waals surface area (Å²) < 4.78 is 0. The molecule has 2 aromatic rings. The molecule has 3 aliphatic rings. The number of likely N-dealkylation sites (tertiary alicyclic amines) is 1. The van der Waals surface area contributed by atoms with Crippen molar-refractivity contribution in [3.05, 3.63) is 63.7 Å². The highest BCUT2D eigenvalue weighted by atomic mass is 16.6. The van der Waals surface area contributed by atoms with Crippen LogP contribution in [0, 0.1) is 27.4 Å². The molecule has 188 valence electrons. The molecule has 0 radical (unpaired) electrons. The molecule has 3 aliphatic heterocycles. The molecule has 9 heteroatoms. The van der Waals surface area contributed by atoms with Crippen molar-refractivity contribution in [3.8, 4) is 6.07 Å². The van der Waals surface area contributed by atoms with Gasteiger partial charge in [0.1, 0.15) is 6.07 Å². The Balaban J connectivity index is 1.38. The quantitative estimate of drug-likeness (QED) is 0.492. The van der Waals surface area contributed by atoms with Gasteiger partial charge in [-0.2, -0.15) is 5.26 Å². The highest BCUT2D eigenvalue weighted by Crippen LogP contribution is 2.39. The first-order valence-electron chi connectivity index (χ1n) is 12.8. The van der Waals surface area contributed by atoms with Crippen molar-refractivity contribution in [1.29, 1.82) is 5.26 Å². The van der Waals surface area contributed by atoms with Gasteiger partial charge in [-0.3, -0.25) is 14.9 Å². The van der Waals surface area contributed by atoms with E-state index in [1.54, 1.807) is 12.1 Å². The van der Waals surface area contributed by atoms with E-state index in [0.29, 0.717) is 38.2 Å². The van der Waals surface area contributed by atoms with Gasteiger partial charge in [-0.15, -0.1) is 0 Å². The number of nitrogens with one attached hydrogen (secondary N) is 1. The number of nitriles is 1. The van der Waals surface area contributed by atoms with E-state index < -0.39 is 0 Å². The van der Waals surface area contributed by atoms with Crippen molar-refractivity contribution in [2.24, 2.45) is 5.92 Å². The summed E-state index contributed by atoms with van der Waals surface area (Å²) in [6.45, 7) is 5.60. The number of fused-ring (bicyclic) bond motifs is 3. The fourth-order valence-corrected chi connectivity index (χ4v) is 5.94. The van der Waals surface area contributed by atoms with Crippen LogP contribution in [0.5, 0.6) is 0 Å². The summed E-state index contributed by atoms with van der Waals surface area (Å²) in [7, 11) is 0. The minimum atomic E-state index is -0.378. The predicted octanol–water partition coefficient (Wildman–Crippen LogP) is 2.94. The Morgan fingerprint density at radius 2 is 1.89 bits per heavy atom. The molecule has 0 aromatic heterocycles. The minimum absolute atomic E-state index is 0.00501. The third-order valence-electron chi connectivity index (χ3n) is 7.78. The van der Waals surface area contributed by atoms with Crippen LogP contribution < -0.4 is 15.1 Å². The number of non-ortho nitro benzene ring substituents is 1. The first-order chi connectivity index (χ1) is 17.5. The van der Waals surface area contributed by atoms with Crippen LogP contribution in [0.2, 0.25) is 0 Å². The molecule has 1 amide bonds. The lowest BCUT2D eigenvalue weighted by Gasteiger charge is -2.49. The molecule has 2 fully saturated rings. The van der Waals surface area contributed by atoms with Gasteiger partial charge in [0.2, 0.25) is 5.91 Å². The van der Waals surface area contributed by atoms with Gasteiger partial charge in [0.15, 0.2) is 0 Å². The van der Waals surface area contributed by atoms with Gasteiger partial charge in [-0.05, 0) is 56.1 Å². The Morgan fingerprint density at radius 1 is 1.08 bits per heavy atom. The maximum absolute atomic E-state index is 13.5. The zero-order chi connectivity index (χ0) is 25.1. The van der Waals surface area contributed by atoms with Gasteiger partial charge < -0.3 is 20.0 Å². The van der Waals surface area contributed by atoms with Crippen molar-refractivity contribution in [2.75, 3.05) is 55.6 Å². The highest BCUT2D eigenvalue weighted by Gasteiger charge is 2.42. The number of hydrogen-bond acceptors (Lipinski definition) is 7. The molecule has 0 bridgehead atoms. The Kier molecular flexibility index (Phi) is 7.05. The van der Waals surface area contributed by atoms with E-state index in [2.05, 4.69) is 26.1 Å². The van der Waals surface area contributed by atoms with Crippen LogP contribution in [-0.2, 0) is 11.2 Å². The second kappa shape index (κ2) is 10.5. The monoisotopic (exact) mass is 488 g/mol. The summed E-state index contributed by atoms with van der Waals surface area (Å²) in [5.74, 6) is -0.340. The van der Waals surface area contributed by atoms with Crippen LogP contribution in [0.25, 0.3) is 0 Å². The number of carbonyl (C=O) groups excluding carboxylic acids is 1. The largest absolute Gasteiger partial charge is 0.367 e. The number of para-hydroxylation sites is 1. The zero-order valence-corrected chi connectivity index (χ0v) is 20.4. The fourth-order valence-electron chi connectivity index (χ4n) is 5.94. The molecule has 0 saturated carbocycles. The number of piperidine rings is 1. The van der Waals surface area contributed by atoms with Crippen LogP contribution in [0.15, 0.2) is 42.5 Å². The van der Waals surface area contributed by atoms with Crippen molar-refractivity contribution in [2.45, 2.75) is 31.7 Å². The maximum Gasteiger partial charge on any atom is 0.269 e. The highest BCUT2D eigenvalue weighted by molar-refractivity contribution is 5.82. The molecule has 1 N–H and O–H groups in total. The number of benzene rings is 2. The van der Waals surface area contributed by atoms with Gasteiger partial charge in [-0.25, -0.2) is 0 Å². The minimum Gasteiger partial charge on any atom is -0.367 e. The fraction of sp³-hybridized carbons (Fsp3) is 0.481. The number of nitro benzene ring substituents is 1. The summed E-state index contributed by atoms with van der Waals surface area (Å²) in [4.78, 5) is 31.4. The number of hydrogen-bond donors (Lipinski definition) is 1. The lowest BCUT2D eigenvalue weighted by atomic mass is 9.83. The van der Waals surface area contributed by atoms with E-state index in [-0.39, 0.29) is 28.5 Å². The molecule has 0 aliphatic carbocycles. The molecular weight excluding hydrogens is 456 g/mol. The normalized spacial score (nSPS) is 21.8. The van der Waals surface area contributed by atoms with E-state index >= 15 is 0 Å². The van der Waals surface area contributed by atoms with Gasteiger partial charge in [0, 0.05) is 50.5 Å². The second-order valence-electron chi connectivity index (χ2n) is 9.91. The molecule has 2 aromatic carbocycles. The van der Waals surface area contributed by atoms with Crippen LogP contribution >= 0.6 is 0 Å². The number of anilines is 2. The number of rotatable bonds is 6. The molecule has 0 spiro atoms. The summed E-state index contributed by atoms with van der Waals surface area (Å²) in [6.07, 6.45) is 4.16. The van der Waals surface area contributed by atoms with E-state index in [1.165, 1.54) is 19.3 Å². The Morgan fingerprint density at radius 3 is 2.67 bits per heavy atom. The number of amides is 1. The van der Waals surface area contributed by atoms with Gasteiger partial charge in [0.25, 0.3) is 5.69 Å². The first-order valence-corrected chi connectivity index (χ1v) is 12.8. The molecular formula is C27H32N6O3. The molecule has 2 saturated heterocycles. The molecule has 3 heterocycles. The van der Waals surface area contributed by atoms with E-state index in [1.807, 2.05) is 30.3 Å². The van der Waals surface area contributed by atoms with Gasteiger partial charge >= 0.3 is 0 Å². The van der Waals surface area contributed by atoms with Crippen molar-refractivity contribution < 1.29 is 9.72 Å². The topological polar surface area (TPSA) is 106 Å². The maximum atomic E-state index is 13.5. The van der Waals surface area contributed by atoms with Gasteiger partial charge in [-0.1, -0.05) is 18.6 Å². The third-order valence-corrected chi connectivity index (χ3v) is 7.78. The van der Waals surface area contributed by atoms with Crippen LogP contribution in [0.1, 0.15) is 30.4 Å². The van der Waals surface area contributed by atoms with E-state index in [0.717, 1.165) is 36.6 Å². The number of carbonyl (C=O) groups is 1. The Hall–Kier alpha value is -3.64. The summed E-state index contributed by atoms with van der Waals surface area (Å²) in [6, 6.07) is 14.8. The molecule has 5 rings (SSSR count). The van der Waals surface area contributed by atoms with Crippen LogP contribution in [0.4, 0.5) is 17.1 Å². The summed E-state index contributed by atoms with van der Waals surface area (Å²) >= 11 is 0. The first kappa shape index (κ1) is 24.1. The van der Waals surface area contributed by atoms with Gasteiger partial charge in [0.05, 0.1) is 28.1 Å². The Labute approximate surface area is 211 Å². The standard InChI is InChI=1S/C27H32N6O3/c28-18-20-6-2-3-7-24(20)31-14-15-32-25-9-8-22(33(35)36)16-21(25)17-23(26(32)19-31)27(34)29-10-13-30-11-4-1-5-12-30/h2-3,6-9,16,23,26H,1,4-5,10-15,17,19H2,(H,29,34)/t23-,26+/m0/s1. The predicted molar refractivity (Wildman–Crippen MR) is 138 cm³/mol. The van der Waals surface area contributed by atoms with Crippen molar-refractivity contribution >= 4 is 23.0 Å². The zero-order valence-electron chi connectivity index (χ0n) is 20.4. The SMILES string of the molecule is N#Cc1ccccc1N1CCN2c3ccc([N+](=O)[O-])cc3C[C@H](C(=O)NCCN3CCCCC3)[C@H]2C1. The lowest BCUT2D eigenvalue weighted by Crippen LogP contribution is -2.61. The Bertz CT molecular complexity index is 1170. The average molecular weight is 489 g/mol.